The second-order valence-corrected chi connectivity index (χ2v) is 9.58. The van der Waals surface area contributed by atoms with Gasteiger partial charge in [0, 0.05) is 11.3 Å². The molecule has 0 aliphatic heterocycles. The van der Waals surface area contributed by atoms with Crippen molar-refractivity contribution in [1.29, 1.82) is 0 Å². The fourth-order valence-corrected chi connectivity index (χ4v) is 6.01. The molecule has 0 spiro atoms. The smallest absolute Gasteiger partial charge is 0.435 e. The predicted molar refractivity (Wildman–Crippen MR) is 123 cm³/mol. The van der Waals surface area contributed by atoms with Crippen molar-refractivity contribution in [2.75, 3.05) is 6.61 Å². The van der Waals surface area contributed by atoms with Crippen LogP contribution in [0, 0.1) is 11.8 Å². The van der Waals surface area contributed by atoms with Crippen LogP contribution < -0.4 is 5.32 Å². The summed E-state index contributed by atoms with van der Waals surface area (Å²) < 4.78 is 12.7. The number of carbonyl (C=O) groups is 2. The number of hydrogen-bond acceptors (Lipinski definition) is 5. The number of benzene rings is 1. The Morgan fingerprint density at radius 2 is 1.88 bits per heavy atom. The molecule has 2 saturated carbocycles. The van der Waals surface area contributed by atoms with Crippen molar-refractivity contribution in [2.45, 2.75) is 77.0 Å². The topological polar surface area (TPSA) is 82.4 Å². The van der Waals surface area contributed by atoms with E-state index >= 15 is 0 Å². The van der Waals surface area contributed by atoms with Crippen molar-refractivity contribution in [2.24, 2.45) is 11.8 Å². The van der Waals surface area contributed by atoms with Gasteiger partial charge in [-0.3, -0.25) is 9.48 Å². The molecule has 1 heterocycles. The van der Waals surface area contributed by atoms with Crippen LogP contribution in [0.2, 0.25) is 0 Å². The molecule has 2 bridgehead atoms. The summed E-state index contributed by atoms with van der Waals surface area (Å²) in [6.07, 6.45) is 7.30. The summed E-state index contributed by atoms with van der Waals surface area (Å²) >= 11 is 0. The highest BCUT2D eigenvalue weighted by molar-refractivity contribution is 5.94. The van der Waals surface area contributed by atoms with Gasteiger partial charge >= 0.3 is 6.16 Å². The van der Waals surface area contributed by atoms with Crippen LogP contribution in [0.1, 0.15) is 72.8 Å². The third-order valence-corrected chi connectivity index (χ3v) is 7.53. The maximum atomic E-state index is 13.5. The van der Waals surface area contributed by atoms with Gasteiger partial charge in [-0.05, 0) is 69.3 Å². The molecule has 4 atom stereocenters. The second-order valence-electron chi connectivity index (χ2n) is 9.58. The van der Waals surface area contributed by atoms with Crippen LogP contribution in [0.15, 0.2) is 30.3 Å². The van der Waals surface area contributed by atoms with Crippen molar-refractivity contribution in [1.82, 2.24) is 15.1 Å². The standard InChI is InChI=1S/C26H33N3O4/c1-2-32-26(31)33-24-19-14-13-18(15-19)22(24)27-25(30)23-20-11-7-4-8-12-21(20)29(28-23)16-17-9-5-3-6-10-17/h3,5-6,9-10,18-19,22,24H,2,4,7-8,11-16H2,1H3,(H,27,30). The van der Waals surface area contributed by atoms with E-state index < -0.39 is 6.16 Å². The van der Waals surface area contributed by atoms with Gasteiger partial charge in [-0.2, -0.15) is 5.10 Å². The Morgan fingerprint density at radius 1 is 1.09 bits per heavy atom. The minimum atomic E-state index is -0.643. The molecule has 4 unspecified atom stereocenters. The van der Waals surface area contributed by atoms with E-state index in [1.807, 2.05) is 22.9 Å². The van der Waals surface area contributed by atoms with Gasteiger partial charge in [0.05, 0.1) is 19.2 Å². The summed E-state index contributed by atoms with van der Waals surface area (Å²) in [6, 6.07) is 10.1. The molecule has 2 aromatic rings. The average Bonchev–Trinajstić information content (AvgIpc) is 3.44. The number of rotatable bonds is 6. The van der Waals surface area contributed by atoms with E-state index in [1.165, 1.54) is 17.7 Å². The molecule has 0 radical (unpaired) electrons. The quantitative estimate of drug-likeness (QED) is 0.524. The Labute approximate surface area is 194 Å². The second kappa shape index (κ2) is 9.57. The first kappa shape index (κ1) is 22.0. The van der Waals surface area contributed by atoms with Crippen molar-refractivity contribution >= 4 is 12.1 Å². The molecular weight excluding hydrogens is 418 g/mol. The minimum Gasteiger partial charge on any atom is -0.435 e. The number of amides is 1. The number of nitrogens with one attached hydrogen (secondary N) is 1. The maximum absolute atomic E-state index is 13.5. The van der Waals surface area contributed by atoms with Gasteiger partial charge in [0.15, 0.2) is 5.69 Å². The Balaban J connectivity index is 1.38. The monoisotopic (exact) mass is 451 g/mol. The van der Waals surface area contributed by atoms with E-state index in [1.54, 1.807) is 6.92 Å². The third-order valence-electron chi connectivity index (χ3n) is 7.53. The Kier molecular flexibility index (Phi) is 6.38. The van der Waals surface area contributed by atoms with Gasteiger partial charge in [-0.15, -0.1) is 0 Å². The molecule has 33 heavy (non-hydrogen) atoms. The molecule has 0 saturated heterocycles. The van der Waals surface area contributed by atoms with Gasteiger partial charge < -0.3 is 14.8 Å². The minimum absolute atomic E-state index is 0.144. The normalized spacial score (nSPS) is 25.8. The fraction of sp³-hybridized carbons (Fsp3) is 0.577. The van der Waals surface area contributed by atoms with Crippen molar-refractivity contribution < 1.29 is 19.1 Å². The Morgan fingerprint density at radius 3 is 2.70 bits per heavy atom. The van der Waals surface area contributed by atoms with Gasteiger partial charge in [-0.1, -0.05) is 36.8 Å². The summed E-state index contributed by atoms with van der Waals surface area (Å²) in [5.41, 5.74) is 4.00. The van der Waals surface area contributed by atoms with Crippen LogP contribution in [0.4, 0.5) is 4.79 Å². The SMILES string of the molecule is CCOC(=O)OC1C2CCC(C2)C1NC(=O)c1nn(Cc2ccccc2)c2c1CCCCC2. The summed E-state index contributed by atoms with van der Waals surface area (Å²) in [5, 5.41) is 8.04. The molecule has 7 nitrogen and oxygen atoms in total. The molecular formula is C26H33N3O4. The number of fused-ring (bicyclic) bond motifs is 3. The fourth-order valence-electron chi connectivity index (χ4n) is 6.01. The lowest BCUT2D eigenvalue weighted by Crippen LogP contribution is -2.49. The lowest BCUT2D eigenvalue weighted by Gasteiger charge is -2.30. The van der Waals surface area contributed by atoms with Gasteiger partial charge in [-0.25, -0.2) is 4.79 Å². The van der Waals surface area contributed by atoms with Gasteiger partial charge in [0.2, 0.25) is 0 Å². The lowest BCUT2D eigenvalue weighted by atomic mass is 9.92. The largest absolute Gasteiger partial charge is 0.508 e. The zero-order chi connectivity index (χ0) is 22.8. The van der Waals surface area contributed by atoms with Crippen LogP contribution in [0.3, 0.4) is 0 Å². The highest BCUT2D eigenvalue weighted by Gasteiger charge is 2.51. The molecule has 1 N–H and O–H groups in total. The first-order chi connectivity index (χ1) is 16.1. The van der Waals surface area contributed by atoms with E-state index in [0.29, 0.717) is 18.2 Å². The van der Waals surface area contributed by atoms with Crippen molar-refractivity contribution in [3.8, 4) is 0 Å². The zero-order valence-electron chi connectivity index (χ0n) is 19.3. The molecule has 3 aliphatic rings. The highest BCUT2D eigenvalue weighted by atomic mass is 16.7. The molecule has 5 rings (SSSR count). The van der Waals surface area contributed by atoms with Crippen LogP contribution >= 0.6 is 0 Å². The lowest BCUT2D eigenvalue weighted by molar-refractivity contribution is -0.00578. The van der Waals surface area contributed by atoms with Crippen LogP contribution in [0.25, 0.3) is 0 Å². The highest BCUT2D eigenvalue weighted by Crippen LogP contribution is 2.46. The number of hydrogen-bond donors (Lipinski definition) is 1. The van der Waals surface area contributed by atoms with Crippen LogP contribution in [-0.4, -0.2) is 40.6 Å². The first-order valence-corrected chi connectivity index (χ1v) is 12.4. The van der Waals surface area contributed by atoms with Gasteiger partial charge in [0.1, 0.15) is 6.10 Å². The molecule has 3 aliphatic carbocycles. The number of nitrogens with zero attached hydrogens (tertiary/aromatic N) is 2. The van der Waals surface area contributed by atoms with Gasteiger partial charge in [0.25, 0.3) is 5.91 Å². The molecule has 2 fully saturated rings. The summed E-state index contributed by atoms with van der Waals surface area (Å²) in [7, 11) is 0. The Bertz CT molecular complexity index is 1000. The van der Waals surface area contributed by atoms with Crippen LogP contribution in [0.5, 0.6) is 0 Å². The zero-order valence-corrected chi connectivity index (χ0v) is 19.3. The predicted octanol–water partition coefficient (Wildman–Crippen LogP) is 4.27. The Hall–Kier alpha value is -2.83. The molecule has 176 valence electrons. The van der Waals surface area contributed by atoms with E-state index in [4.69, 9.17) is 14.6 Å². The number of ether oxygens (including phenoxy) is 2. The van der Waals surface area contributed by atoms with Crippen molar-refractivity contribution in [3.63, 3.8) is 0 Å². The van der Waals surface area contributed by atoms with E-state index in [9.17, 15) is 9.59 Å². The van der Waals surface area contributed by atoms with E-state index in [2.05, 4.69) is 17.4 Å². The number of carbonyl (C=O) groups excluding carboxylic acids is 2. The summed E-state index contributed by atoms with van der Waals surface area (Å²) in [5.74, 6) is 0.482. The first-order valence-electron chi connectivity index (χ1n) is 12.4. The summed E-state index contributed by atoms with van der Waals surface area (Å²) in [4.78, 5) is 25.5. The van der Waals surface area contributed by atoms with Crippen LogP contribution in [-0.2, 0) is 28.9 Å². The number of aromatic nitrogens is 2. The third kappa shape index (κ3) is 4.50. The molecule has 1 amide bonds. The summed E-state index contributed by atoms with van der Waals surface area (Å²) in [6.45, 7) is 2.71. The molecule has 1 aromatic heterocycles. The maximum Gasteiger partial charge on any atom is 0.508 e. The van der Waals surface area contributed by atoms with Crippen molar-refractivity contribution in [3.05, 3.63) is 52.8 Å². The molecule has 1 aromatic carbocycles. The van der Waals surface area contributed by atoms with E-state index in [0.717, 1.165) is 50.5 Å². The average molecular weight is 452 g/mol. The van der Waals surface area contributed by atoms with E-state index in [-0.39, 0.29) is 30.6 Å². The molecule has 7 heteroatoms.